The molecule has 1 fully saturated rings. The summed E-state index contributed by atoms with van der Waals surface area (Å²) >= 11 is 0. The van der Waals surface area contributed by atoms with Gasteiger partial charge in [-0.25, -0.2) is 0 Å². The standard InChI is InChI=1S/C22H25N3O3/c1-3-21(26)25-9-8-18(14-25)28-19-11-17(12-23-13-19)15-4-6-20-16(10-15)5-7-22(27)24(20)2/h4,6,10-13,18H,3,5,7-9,14H2,1-2H3. The van der Waals surface area contributed by atoms with Crippen LogP contribution in [0.25, 0.3) is 11.1 Å². The molecule has 6 nitrogen and oxygen atoms in total. The number of aryl methyl sites for hydroxylation is 1. The number of anilines is 1. The number of carbonyl (C=O) groups is 2. The maximum Gasteiger partial charge on any atom is 0.227 e. The molecular formula is C22H25N3O3. The van der Waals surface area contributed by atoms with E-state index in [1.807, 2.05) is 43.3 Å². The van der Waals surface area contributed by atoms with Crippen LogP contribution in [0.1, 0.15) is 31.7 Å². The molecule has 2 aromatic rings. The molecule has 2 aliphatic heterocycles. The Morgan fingerprint density at radius 2 is 2.07 bits per heavy atom. The second-order valence-electron chi connectivity index (χ2n) is 7.43. The van der Waals surface area contributed by atoms with E-state index in [2.05, 4.69) is 11.1 Å². The number of benzene rings is 1. The van der Waals surface area contributed by atoms with E-state index in [1.165, 1.54) is 5.56 Å². The van der Waals surface area contributed by atoms with Gasteiger partial charge in [0.25, 0.3) is 0 Å². The van der Waals surface area contributed by atoms with Crippen molar-refractivity contribution in [2.45, 2.75) is 38.7 Å². The molecule has 1 aromatic carbocycles. The number of fused-ring (bicyclic) bond motifs is 1. The molecule has 0 aliphatic carbocycles. The van der Waals surface area contributed by atoms with Gasteiger partial charge in [-0.15, -0.1) is 0 Å². The Morgan fingerprint density at radius 3 is 2.89 bits per heavy atom. The van der Waals surface area contributed by atoms with Gasteiger partial charge in [0.2, 0.25) is 11.8 Å². The van der Waals surface area contributed by atoms with Crippen molar-refractivity contribution in [2.75, 3.05) is 25.0 Å². The summed E-state index contributed by atoms with van der Waals surface area (Å²) in [7, 11) is 1.82. The minimum Gasteiger partial charge on any atom is -0.487 e. The van der Waals surface area contributed by atoms with Gasteiger partial charge in [-0.05, 0) is 35.7 Å². The van der Waals surface area contributed by atoms with Gasteiger partial charge in [0.1, 0.15) is 11.9 Å². The van der Waals surface area contributed by atoms with Crippen molar-refractivity contribution < 1.29 is 14.3 Å². The summed E-state index contributed by atoms with van der Waals surface area (Å²) in [6.07, 6.45) is 6.24. The first-order valence-corrected chi connectivity index (χ1v) is 9.84. The molecule has 1 atom stereocenters. The van der Waals surface area contributed by atoms with Crippen LogP contribution in [0.3, 0.4) is 0 Å². The summed E-state index contributed by atoms with van der Waals surface area (Å²) in [5.74, 6) is 1.05. The summed E-state index contributed by atoms with van der Waals surface area (Å²) < 4.78 is 6.10. The second-order valence-corrected chi connectivity index (χ2v) is 7.43. The number of nitrogens with zero attached hydrogens (tertiary/aromatic N) is 3. The highest BCUT2D eigenvalue weighted by Crippen LogP contribution is 2.32. The molecule has 1 unspecified atom stereocenters. The fraction of sp³-hybridized carbons (Fsp3) is 0.409. The summed E-state index contributed by atoms with van der Waals surface area (Å²) in [4.78, 5) is 31.7. The van der Waals surface area contributed by atoms with Crippen LogP contribution in [0.15, 0.2) is 36.7 Å². The third-order valence-electron chi connectivity index (χ3n) is 5.57. The molecule has 0 saturated carbocycles. The Hall–Kier alpha value is -2.89. The minimum absolute atomic E-state index is 0.00995. The SMILES string of the molecule is CCC(=O)N1CCC(Oc2cncc(-c3ccc4c(c3)CCC(=O)N4C)c2)C1. The highest BCUT2D eigenvalue weighted by atomic mass is 16.5. The lowest BCUT2D eigenvalue weighted by Gasteiger charge is -2.26. The zero-order chi connectivity index (χ0) is 19.7. The van der Waals surface area contributed by atoms with Gasteiger partial charge in [-0.2, -0.15) is 0 Å². The molecule has 2 aliphatic rings. The summed E-state index contributed by atoms with van der Waals surface area (Å²) in [6, 6.07) is 8.15. The molecule has 6 heteroatoms. The lowest BCUT2D eigenvalue weighted by Crippen LogP contribution is -2.30. The van der Waals surface area contributed by atoms with Crippen LogP contribution >= 0.6 is 0 Å². The number of hydrogen-bond donors (Lipinski definition) is 0. The van der Waals surface area contributed by atoms with E-state index in [4.69, 9.17) is 4.74 Å². The smallest absolute Gasteiger partial charge is 0.227 e. The molecule has 0 radical (unpaired) electrons. The topological polar surface area (TPSA) is 62.7 Å². The van der Waals surface area contributed by atoms with Crippen molar-refractivity contribution >= 4 is 17.5 Å². The maximum atomic E-state index is 11.9. The van der Waals surface area contributed by atoms with E-state index in [0.29, 0.717) is 19.4 Å². The Bertz CT molecular complexity index is 912. The van der Waals surface area contributed by atoms with Crippen LogP contribution in [-0.2, 0) is 16.0 Å². The molecule has 4 rings (SSSR count). The normalized spacial score (nSPS) is 18.9. The summed E-state index contributed by atoms with van der Waals surface area (Å²) in [6.45, 7) is 3.27. The van der Waals surface area contributed by atoms with Gasteiger partial charge in [0.05, 0.1) is 12.7 Å². The Labute approximate surface area is 165 Å². The average Bonchev–Trinajstić information content (AvgIpc) is 3.18. The van der Waals surface area contributed by atoms with Crippen LogP contribution < -0.4 is 9.64 Å². The highest BCUT2D eigenvalue weighted by Gasteiger charge is 2.27. The van der Waals surface area contributed by atoms with Crippen molar-refractivity contribution in [3.8, 4) is 16.9 Å². The highest BCUT2D eigenvalue weighted by molar-refractivity contribution is 5.96. The number of carbonyl (C=O) groups excluding carboxylic acids is 2. The van der Waals surface area contributed by atoms with Crippen molar-refractivity contribution in [2.24, 2.45) is 0 Å². The van der Waals surface area contributed by atoms with Crippen LogP contribution in [-0.4, -0.2) is 47.9 Å². The molecule has 3 heterocycles. The number of hydrogen-bond acceptors (Lipinski definition) is 4. The van der Waals surface area contributed by atoms with Gasteiger partial charge in [0, 0.05) is 50.3 Å². The van der Waals surface area contributed by atoms with Gasteiger partial charge in [0.15, 0.2) is 0 Å². The molecule has 0 spiro atoms. The predicted octanol–water partition coefficient (Wildman–Crippen LogP) is 3.05. The molecule has 146 valence electrons. The van der Waals surface area contributed by atoms with E-state index in [-0.39, 0.29) is 17.9 Å². The van der Waals surface area contributed by atoms with E-state index in [0.717, 1.165) is 42.0 Å². The maximum absolute atomic E-state index is 11.9. The first-order chi connectivity index (χ1) is 13.5. The molecule has 0 bridgehead atoms. The van der Waals surface area contributed by atoms with Gasteiger partial charge >= 0.3 is 0 Å². The fourth-order valence-electron chi connectivity index (χ4n) is 3.94. The zero-order valence-electron chi connectivity index (χ0n) is 16.4. The number of ether oxygens (including phenoxy) is 1. The molecule has 28 heavy (non-hydrogen) atoms. The minimum atomic E-state index is 0.00995. The van der Waals surface area contributed by atoms with E-state index in [1.54, 1.807) is 11.1 Å². The van der Waals surface area contributed by atoms with Crippen molar-refractivity contribution in [1.82, 2.24) is 9.88 Å². The largest absolute Gasteiger partial charge is 0.487 e. The van der Waals surface area contributed by atoms with Gasteiger partial charge in [-0.1, -0.05) is 13.0 Å². The van der Waals surface area contributed by atoms with Crippen LogP contribution in [0.4, 0.5) is 5.69 Å². The number of rotatable bonds is 4. The van der Waals surface area contributed by atoms with Gasteiger partial charge < -0.3 is 14.5 Å². The van der Waals surface area contributed by atoms with Crippen LogP contribution in [0, 0.1) is 0 Å². The van der Waals surface area contributed by atoms with Crippen molar-refractivity contribution in [3.63, 3.8) is 0 Å². The Balaban J connectivity index is 1.50. The Morgan fingerprint density at radius 1 is 1.21 bits per heavy atom. The van der Waals surface area contributed by atoms with Gasteiger partial charge in [-0.3, -0.25) is 14.6 Å². The van der Waals surface area contributed by atoms with E-state index < -0.39 is 0 Å². The number of likely N-dealkylation sites (tertiary alicyclic amines) is 1. The molecule has 0 N–H and O–H groups in total. The second kappa shape index (κ2) is 7.62. The fourth-order valence-corrected chi connectivity index (χ4v) is 3.94. The average molecular weight is 379 g/mol. The van der Waals surface area contributed by atoms with Crippen molar-refractivity contribution in [1.29, 1.82) is 0 Å². The van der Waals surface area contributed by atoms with Crippen molar-refractivity contribution in [3.05, 3.63) is 42.2 Å². The number of aromatic nitrogens is 1. The lowest BCUT2D eigenvalue weighted by atomic mass is 9.97. The molecule has 1 saturated heterocycles. The monoisotopic (exact) mass is 379 g/mol. The Kier molecular flexibility index (Phi) is 5.03. The van der Waals surface area contributed by atoms with Crippen LogP contribution in [0.2, 0.25) is 0 Å². The molecule has 1 aromatic heterocycles. The third kappa shape index (κ3) is 3.59. The predicted molar refractivity (Wildman–Crippen MR) is 107 cm³/mol. The number of pyridine rings is 1. The van der Waals surface area contributed by atoms with E-state index in [9.17, 15) is 9.59 Å². The molecule has 2 amide bonds. The quantitative estimate of drug-likeness (QED) is 0.819. The first kappa shape index (κ1) is 18.5. The molecular weight excluding hydrogens is 354 g/mol. The zero-order valence-corrected chi connectivity index (χ0v) is 16.4. The third-order valence-corrected chi connectivity index (χ3v) is 5.57. The lowest BCUT2D eigenvalue weighted by molar-refractivity contribution is -0.130. The summed E-state index contributed by atoms with van der Waals surface area (Å²) in [5, 5.41) is 0. The first-order valence-electron chi connectivity index (χ1n) is 9.84. The van der Waals surface area contributed by atoms with Crippen LogP contribution in [0.5, 0.6) is 5.75 Å². The summed E-state index contributed by atoms with van der Waals surface area (Å²) in [5.41, 5.74) is 4.20. The van der Waals surface area contributed by atoms with E-state index >= 15 is 0 Å². The number of amides is 2.